The number of aromatic carboxylic acids is 1. The summed E-state index contributed by atoms with van der Waals surface area (Å²) in [5, 5.41) is 32.5. The number of nitrogens with one attached hydrogen (secondary N) is 1. The lowest BCUT2D eigenvalue weighted by atomic mass is 10.1. The average Bonchev–Trinajstić information content (AvgIpc) is 2.90. The van der Waals surface area contributed by atoms with Gasteiger partial charge in [0.25, 0.3) is 11.6 Å². The molecule has 1 fully saturated rings. The van der Waals surface area contributed by atoms with Gasteiger partial charge in [-0.2, -0.15) is 0 Å². The molecule has 144 valence electrons. The zero-order chi connectivity index (χ0) is 20.6. The Morgan fingerprint density at radius 3 is 2.57 bits per heavy atom. The molecule has 3 rings (SSSR count). The monoisotopic (exact) mass is 385 g/mol. The molecule has 2 aromatic carbocycles. The van der Waals surface area contributed by atoms with Crippen molar-refractivity contribution >= 4 is 34.8 Å². The number of aryl methyl sites for hydroxylation is 1. The zero-order valence-corrected chi connectivity index (χ0v) is 14.6. The molecule has 28 heavy (non-hydrogen) atoms. The third-order valence-corrected chi connectivity index (χ3v) is 4.37. The van der Waals surface area contributed by atoms with Gasteiger partial charge in [-0.3, -0.25) is 19.7 Å². The van der Waals surface area contributed by atoms with Gasteiger partial charge in [0.1, 0.15) is 11.8 Å². The van der Waals surface area contributed by atoms with E-state index in [9.17, 15) is 29.6 Å². The molecule has 10 heteroatoms. The van der Waals surface area contributed by atoms with Crippen molar-refractivity contribution in [2.24, 2.45) is 0 Å². The summed E-state index contributed by atoms with van der Waals surface area (Å²) < 4.78 is 0. The number of non-ortho nitro benzene ring substituents is 1. The van der Waals surface area contributed by atoms with Gasteiger partial charge in [-0.1, -0.05) is 6.07 Å². The Hall–Kier alpha value is -3.95. The average molecular weight is 385 g/mol. The molecule has 0 bridgehead atoms. The topological polar surface area (TPSA) is 150 Å². The summed E-state index contributed by atoms with van der Waals surface area (Å²) in [6.45, 7) is 1.64. The molecule has 1 unspecified atom stereocenters. The molecule has 1 aliphatic heterocycles. The van der Waals surface area contributed by atoms with Crippen LogP contribution in [0.2, 0.25) is 0 Å². The summed E-state index contributed by atoms with van der Waals surface area (Å²) in [5.74, 6) is -2.77. The van der Waals surface area contributed by atoms with Crippen LogP contribution in [0.1, 0.15) is 22.3 Å². The fraction of sp³-hybridized carbons (Fsp3) is 0.167. The molecule has 1 aliphatic rings. The summed E-state index contributed by atoms with van der Waals surface area (Å²) in [4.78, 5) is 47.3. The molecule has 2 amide bonds. The zero-order valence-electron chi connectivity index (χ0n) is 14.6. The number of carboxylic acids is 1. The van der Waals surface area contributed by atoms with Crippen LogP contribution in [-0.2, 0) is 9.59 Å². The number of carbonyl (C=O) groups is 3. The molecule has 1 atom stereocenters. The number of aromatic hydroxyl groups is 1. The Bertz CT molecular complexity index is 1020. The molecule has 0 spiro atoms. The Labute approximate surface area is 158 Å². The van der Waals surface area contributed by atoms with Crippen molar-refractivity contribution in [3.63, 3.8) is 0 Å². The molecule has 2 aromatic rings. The molecular weight excluding hydrogens is 370 g/mol. The lowest BCUT2D eigenvalue weighted by molar-refractivity contribution is -0.384. The van der Waals surface area contributed by atoms with Gasteiger partial charge < -0.3 is 15.5 Å². The van der Waals surface area contributed by atoms with E-state index >= 15 is 0 Å². The van der Waals surface area contributed by atoms with Crippen LogP contribution in [0.25, 0.3) is 0 Å². The number of carboxylic acid groups (broad SMARTS) is 1. The Kier molecular flexibility index (Phi) is 4.70. The summed E-state index contributed by atoms with van der Waals surface area (Å²) in [6.07, 6.45) is -0.216. The van der Waals surface area contributed by atoms with Crippen molar-refractivity contribution in [2.75, 3.05) is 10.2 Å². The number of nitrogens with zero attached hydrogens (tertiary/aromatic N) is 2. The first-order valence-corrected chi connectivity index (χ1v) is 8.13. The SMILES string of the molecule is Cc1ccc(C(=O)O)cc1N1C(=O)CC(Nc2ccc([N+](=O)[O-])cc2O)C1=O. The quantitative estimate of drug-likeness (QED) is 0.306. The van der Waals surface area contributed by atoms with Crippen LogP contribution in [0.3, 0.4) is 0 Å². The van der Waals surface area contributed by atoms with Gasteiger partial charge in [0.05, 0.1) is 34.3 Å². The highest BCUT2D eigenvalue weighted by Crippen LogP contribution is 2.32. The second-order valence-corrected chi connectivity index (χ2v) is 6.23. The molecule has 0 saturated carbocycles. The number of hydrogen-bond acceptors (Lipinski definition) is 7. The third-order valence-electron chi connectivity index (χ3n) is 4.37. The number of imide groups is 1. The molecule has 0 radical (unpaired) electrons. The number of amides is 2. The maximum atomic E-state index is 12.7. The first kappa shape index (κ1) is 18.8. The van der Waals surface area contributed by atoms with Gasteiger partial charge in [0.15, 0.2) is 0 Å². The van der Waals surface area contributed by atoms with Gasteiger partial charge in [-0.15, -0.1) is 0 Å². The van der Waals surface area contributed by atoms with E-state index in [1.54, 1.807) is 6.92 Å². The van der Waals surface area contributed by atoms with E-state index in [4.69, 9.17) is 5.11 Å². The Balaban J connectivity index is 1.88. The maximum Gasteiger partial charge on any atom is 0.335 e. The van der Waals surface area contributed by atoms with E-state index in [0.29, 0.717) is 5.56 Å². The largest absolute Gasteiger partial charge is 0.506 e. The normalized spacial score (nSPS) is 16.3. The first-order chi connectivity index (χ1) is 13.2. The highest BCUT2D eigenvalue weighted by atomic mass is 16.6. The predicted octanol–water partition coefficient (Wildman–Crippen LogP) is 2.05. The molecule has 10 nitrogen and oxygen atoms in total. The van der Waals surface area contributed by atoms with Crippen molar-refractivity contribution in [1.29, 1.82) is 0 Å². The van der Waals surface area contributed by atoms with Gasteiger partial charge in [-0.05, 0) is 30.7 Å². The van der Waals surface area contributed by atoms with Gasteiger partial charge in [-0.25, -0.2) is 9.69 Å². The molecule has 3 N–H and O–H groups in total. The van der Waals surface area contributed by atoms with E-state index in [1.165, 1.54) is 24.3 Å². The minimum absolute atomic E-state index is 0.0642. The third kappa shape index (κ3) is 3.34. The van der Waals surface area contributed by atoms with Crippen molar-refractivity contribution in [2.45, 2.75) is 19.4 Å². The Morgan fingerprint density at radius 2 is 1.96 bits per heavy atom. The molecule has 0 aromatic heterocycles. The highest BCUT2D eigenvalue weighted by Gasteiger charge is 2.40. The fourth-order valence-corrected chi connectivity index (χ4v) is 2.92. The van der Waals surface area contributed by atoms with E-state index < -0.39 is 34.5 Å². The van der Waals surface area contributed by atoms with Gasteiger partial charge in [0, 0.05) is 6.07 Å². The standard InChI is InChI=1S/C18H15N3O7/c1-9-2-3-10(18(25)26)6-14(9)20-16(23)8-13(17(20)24)19-12-5-4-11(21(27)28)7-15(12)22/h2-7,13,19,22H,8H2,1H3,(H,25,26). The van der Waals surface area contributed by atoms with E-state index in [-0.39, 0.29) is 29.0 Å². The van der Waals surface area contributed by atoms with Gasteiger partial charge >= 0.3 is 5.97 Å². The van der Waals surface area contributed by atoms with Gasteiger partial charge in [0.2, 0.25) is 5.91 Å². The smallest absolute Gasteiger partial charge is 0.335 e. The summed E-state index contributed by atoms with van der Waals surface area (Å²) in [5.41, 5.74) is 0.400. The van der Waals surface area contributed by atoms with Crippen molar-refractivity contribution in [3.05, 3.63) is 57.6 Å². The van der Waals surface area contributed by atoms with Crippen molar-refractivity contribution in [1.82, 2.24) is 0 Å². The molecule has 1 saturated heterocycles. The summed E-state index contributed by atoms with van der Waals surface area (Å²) >= 11 is 0. The summed E-state index contributed by atoms with van der Waals surface area (Å²) in [6, 6.07) is 6.44. The number of nitro benzene ring substituents is 1. The molecule has 0 aliphatic carbocycles. The number of rotatable bonds is 5. The number of carbonyl (C=O) groups excluding carboxylic acids is 2. The molecular formula is C18H15N3O7. The van der Waals surface area contributed by atoms with Crippen LogP contribution in [0.15, 0.2) is 36.4 Å². The number of hydrogen-bond donors (Lipinski definition) is 3. The maximum absolute atomic E-state index is 12.7. The minimum atomic E-state index is -1.19. The van der Waals surface area contributed by atoms with Crippen LogP contribution >= 0.6 is 0 Å². The van der Waals surface area contributed by atoms with E-state index in [1.807, 2.05) is 0 Å². The van der Waals surface area contributed by atoms with Crippen molar-refractivity contribution < 1.29 is 29.5 Å². The number of phenolic OH excluding ortho intramolecular Hbond substituents is 1. The second kappa shape index (κ2) is 6.99. The Morgan fingerprint density at radius 1 is 1.25 bits per heavy atom. The minimum Gasteiger partial charge on any atom is -0.506 e. The fourth-order valence-electron chi connectivity index (χ4n) is 2.92. The van der Waals surface area contributed by atoms with Crippen LogP contribution in [-0.4, -0.2) is 39.0 Å². The second-order valence-electron chi connectivity index (χ2n) is 6.23. The number of nitro groups is 1. The van der Waals surface area contributed by atoms with Crippen LogP contribution in [0.5, 0.6) is 5.75 Å². The molecule has 1 heterocycles. The number of phenols is 1. The van der Waals surface area contributed by atoms with Crippen LogP contribution < -0.4 is 10.2 Å². The lowest BCUT2D eigenvalue weighted by Crippen LogP contribution is -2.35. The summed E-state index contributed by atoms with van der Waals surface area (Å²) in [7, 11) is 0. The predicted molar refractivity (Wildman–Crippen MR) is 97.4 cm³/mol. The van der Waals surface area contributed by atoms with E-state index in [2.05, 4.69) is 5.32 Å². The number of benzene rings is 2. The first-order valence-electron chi connectivity index (χ1n) is 8.13. The van der Waals surface area contributed by atoms with Crippen molar-refractivity contribution in [3.8, 4) is 5.75 Å². The van der Waals surface area contributed by atoms with Crippen LogP contribution in [0, 0.1) is 17.0 Å². The van der Waals surface area contributed by atoms with E-state index in [0.717, 1.165) is 17.0 Å². The van der Waals surface area contributed by atoms with Crippen LogP contribution in [0.4, 0.5) is 17.1 Å². The lowest BCUT2D eigenvalue weighted by Gasteiger charge is -2.19. The number of anilines is 2. The highest BCUT2D eigenvalue weighted by molar-refractivity contribution is 6.23.